The maximum Gasteiger partial charge on any atom is 0.264 e. The lowest BCUT2D eigenvalue weighted by atomic mass is 9.83. The highest BCUT2D eigenvalue weighted by Gasteiger charge is 2.39. The van der Waals surface area contributed by atoms with Gasteiger partial charge in [-0.3, -0.25) is 9.10 Å². The molecule has 0 aliphatic carbocycles. The van der Waals surface area contributed by atoms with E-state index in [1.807, 2.05) is 54.6 Å². The molecule has 4 aromatic rings. The van der Waals surface area contributed by atoms with Crippen molar-refractivity contribution < 1.29 is 17.9 Å². The van der Waals surface area contributed by atoms with Crippen LogP contribution >= 0.6 is 0 Å². The molecule has 6 nitrogen and oxygen atoms in total. The summed E-state index contributed by atoms with van der Waals surface area (Å²) in [7, 11) is -3.80. The van der Waals surface area contributed by atoms with E-state index in [9.17, 15) is 13.2 Å². The van der Waals surface area contributed by atoms with E-state index in [0.717, 1.165) is 29.7 Å². The predicted molar refractivity (Wildman–Crippen MR) is 158 cm³/mol. The van der Waals surface area contributed by atoms with Crippen molar-refractivity contribution >= 4 is 21.6 Å². The topological polar surface area (TPSA) is 75.7 Å². The molecule has 1 unspecified atom stereocenters. The number of rotatable bonds is 9. The number of benzene rings is 4. The summed E-state index contributed by atoms with van der Waals surface area (Å²) in [5.74, 6) is 0.643. The molecule has 1 heterocycles. The fraction of sp³-hybridized carbons (Fsp3) is 0.242. The zero-order valence-corrected chi connectivity index (χ0v) is 23.6. The fourth-order valence-corrected chi connectivity index (χ4v) is 6.70. The van der Waals surface area contributed by atoms with E-state index in [2.05, 4.69) is 19.2 Å². The third kappa shape index (κ3) is 5.61. The van der Waals surface area contributed by atoms with E-state index in [1.165, 1.54) is 4.31 Å². The van der Waals surface area contributed by atoms with Gasteiger partial charge in [-0.2, -0.15) is 0 Å². The van der Waals surface area contributed by atoms with E-state index < -0.39 is 10.0 Å². The van der Waals surface area contributed by atoms with Crippen molar-refractivity contribution in [2.45, 2.75) is 56.2 Å². The van der Waals surface area contributed by atoms with Crippen LogP contribution in [0.4, 0.5) is 5.69 Å². The third-order valence-corrected chi connectivity index (χ3v) is 9.50. The molecule has 1 aliphatic heterocycles. The zero-order chi connectivity index (χ0) is 28.2. The Morgan fingerprint density at radius 2 is 1.45 bits per heavy atom. The van der Waals surface area contributed by atoms with E-state index in [4.69, 9.17) is 4.74 Å². The Bertz CT molecular complexity index is 1550. The molecule has 0 aromatic heterocycles. The van der Waals surface area contributed by atoms with Gasteiger partial charge in [-0.25, -0.2) is 8.42 Å². The minimum Gasteiger partial charge on any atom is -0.487 e. The molecule has 0 radical (unpaired) electrons. The molecule has 1 amide bonds. The third-order valence-electron chi connectivity index (χ3n) is 7.71. The average molecular weight is 555 g/mol. The van der Waals surface area contributed by atoms with Gasteiger partial charge < -0.3 is 10.1 Å². The van der Waals surface area contributed by atoms with Crippen molar-refractivity contribution in [1.29, 1.82) is 0 Å². The van der Waals surface area contributed by atoms with Gasteiger partial charge in [0.2, 0.25) is 0 Å². The summed E-state index contributed by atoms with van der Waals surface area (Å²) >= 11 is 0. The van der Waals surface area contributed by atoms with Crippen molar-refractivity contribution in [1.82, 2.24) is 5.32 Å². The average Bonchev–Trinajstić information content (AvgIpc) is 3.00. The summed E-state index contributed by atoms with van der Waals surface area (Å²) in [5.41, 5.74) is 2.52. The Kier molecular flexibility index (Phi) is 7.94. The lowest BCUT2D eigenvalue weighted by molar-refractivity contribution is 0.0227. The monoisotopic (exact) mass is 554 g/mol. The van der Waals surface area contributed by atoms with Crippen molar-refractivity contribution in [3.63, 3.8) is 0 Å². The molecular weight excluding hydrogens is 520 g/mol. The number of hydrogen-bond donors (Lipinski definition) is 1. The molecule has 1 atom stereocenters. The molecule has 0 saturated heterocycles. The highest BCUT2D eigenvalue weighted by molar-refractivity contribution is 7.92. The number of fused-ring (bicyclic) bond motifs is 1. The second kappa shape index (κ2) is 11.6. The van der Waals surface area contributed by atoms with E-state index in [0.29, 0.717) is 17.7 Å². The number of nitrogens with zero attached hydrogens (tertiary/aromatic N) is 1. The molecule has 5 rings (SSSR count). The highest BCUT2D eigenvalue weighted by atomic mass is 32.2. The Morgan fingerprint density at radius 1 is 0.850 bits per heavy atom. The first-order valence-corrected chi connectivity index (χ1v) is 15.1. The Morgan fingerprint density at radius 3 is 2.10 bits per heavy atom. The number of para-hydroxylation sites is 2. The molecule has 0 spiro atoms. The number of carbonyl (C=O) groups excluding carboxylic acids is 1. The van der Waals surface area contributed by atoms with Gasteiger partial charge in [-0.1, -0.05) is 80.6 Å². The number of ether oxygens (including phenoxy) is 1. The van der Waals surface area contributed by atoms with Gasteiger partial charge in [-0.05, 0) is 60.9 Å². The SMILES string of the molecule is CCC1(CC)CC(NC(=O)c2ccc(CN(c3ccccc3)S(=O)(=O)c3ccccc3)cc2)c2ccccc2O1. The normalized spacial score (nSPS) is 15.9. The van der Waals surface area contributed by atoms with Crippen LogP contribution in [0.5, 0.6) is 5.75 Å². The summed E-state index contributed by atoms with van der Waals surface area (Å²) < 4.78 is 34.9. The van der Waals surface area contributed by atoms with Gasteiger partial charge in [0.15, 0.2) is 0 Å². The first-order valence-electron chi connectivity index (χ1n) is 13.7. The second-order valence-electron chi connectivity index (χ2n) is 10.1. The summed E-state index contributed by atoms with van der Waals surface area (Å²) in [6.07, 6.45) is 2.40. The maximum atomic E-state index is 13.6. The van der Waals surface area contributed by atoms with Crippen LogP contribution in [-0.4, -0.2) is 19.9 Å². The molecule has 40 heavy (non-hydrogen) atoms. The lowest BCUT2D eigenvalue weighted by Crippen LogP contribution is -2.44. The number of sulfonamides is 1. The van der Waals surface area contributed by atoms with Crippen LogP contribution in [0.1, 0.15) is 60.6 Å². The van der Waals surface area contributed by atoms with Crippen LogP contribution in [0.3, 0.4) is 0 Å². The molecular formula is C33H34N2O4S. The van der Waals surface area contributed by atoms with Gasteiger partial charge in [0, 0.05) is 17.5 Å². The Balaban J connectivity index is 1.37. The molecule has 206 valence electrons. The summed E-state index contributed by atoms with van der Waals surface area (Å²) in [5, 5.41) is 3.22. The van der Waals surface area contributed by atoms with Crippen LogP contribution in [-0.2, 0) is 16.6 Å². The minimum absolute atomic E-state index is 0.131. The maximum absolute atomic E-state index is 13.6. The quantitative estimate of drug-likeness (QED) is 0.244. The highest BCUT2D eigenvalue weighted by Crippen LogP contribution is 2.42. The van der Waals surface area contributed by atoms with Crippen LogP contribution in [0, 0.1) is 0 Å². The number of hydrogen-bond acceptors (Lipinski definition) is 4. The fourth-order valence-electron chi connectivity index (χ4n) is 5.23. The Hall–Kier alpha value is -4.10. The molecule has 1 N–H and O–H groups in total. The molecule has 7 heteroatoms. The Labute approximate surface area is 236 Å². The zero-order valence-electron chi connectivity index (χ0n) is 22.8. The first-order chi connectivity index (χ1) is 19.3. The second-order valence-corrected chi connectivity index (χ2v) is 12.0. The van der Waals surface area contributed by atoms with Crippen molar-refractivity contribution in [3.8, 4) is 5.75 Å². The van der Waals surface area contributed by atoms with E-state index in [-0.39, 0.29) is 29.0 Å². The number of amides is 1. The smallest absolute Gasteiger partial charge is 0.264 e. The van der Waals surface area contributed by atoms with Crippen LogP contribution in [0.2, 0.25) is 0 Å². The molecule has 0 fully saturated rings. The summed E-state index contributed by atoms with van der Waals surface area (Å²) in [6.45, 7) is 4.36. The molecule has 0 bridgehead atoms. The van der Waals surface area contributed by atoms with Crippen LogP contribution in [0.25, 0.3) is 0 Å². The van der Waals surface area contributed by atoms with Gasteiger partial charge in [0.05, 0.1) is 23.2 Å². The van der Waals surface area contributed by atoms with E-state index in [1.54, 1.807) is 54.6 Å². The van der Waals surface area contributed by atoms with Gasteiger partial charge >= 0.3 is 0 Å². The summed E-state index contributed by atoms with van der Waals surface area (Å²) in [4.78, 5) is 13.6. The molecule has 1 aliphatic rings. The predicted octanol–water partition coefficient (Wildman–Crippen LogP) is 6.89. The standard InChI is InChI=1S/C33H34N2O4S/c1-3-33(4-2)23-30(29-17-11-12-18-31(29)39-33)34-32(36)26-21-19-25(20-22-26)24-35(27-13-7-5-8-14-27)40(37,38)28-15-9-6-10-16-28/h5-22,30H,3-4,23-24H2,1-2H3,(H,34,36). The summed E-state index contributed by atoms with van der Waals surface area (Å²) in [6, 6.07) is 32.3. The van der Waals surface area contributed by atoms with Gasteiger partial charge in [0.25, 0.3) is 15.9 Å². The van der Waals surface area contributed by atoms with Crippen molar-refractivity contribution in [2.75, 3.05) is 4.31 Å². The minimum atomic E-state index is -3.80. The van der Waals surface area contributed by atoms with Crippen molar-refractivity contribution in [3.05, 3.63) is 126 Å². The van der Waals surface area contributed by atoms with Gasteiger partial charge in [-0.15, -0.1) is 0 Å². The molecule has 0 saturated carbocycles. The van der Waals surface area contributed by atoms with Gasteiger partial charge in [0.1, 0.15) is 11.4 Å². The van der Waals surface area contributed by atoms with Crippen LogP contribution < -0.4 is 14.4 Å². The van der Waals surface area contributed by atoms with Crippen molar-refractivity contribution in [2.24, 2.45) is 0 Å². The first kappa shape index (κ1) is 27.5. The largest absolute Gasteiger partial charge is 0.487 e. The molecule has 4 aromatic carbocycles. The number of nitrogens with one attached hydrogen (secondary N) is 1. The number of carbonyl (C=O) groups is 1. The van der Waals surface area contributed by atoms with Crippen LogP contribution in [0.15, 0.2) is 114 Å². The lowest BCUT2D eigenvalue weighted by Gasteiger charge is -2.41. The van der Waals surface area contributed by atoms with E-state index >= 15 is 0 Å². The number of anilines is 1.